The summed E-state index contributed by atoms with van der Waals surface area (Å²) in [5.41, 5.74) is 0.628. The summed E-state index contributed by atoms with van der Waals surface area (Å²) in [5, 5.41) is 9.19. The van der Waals surface area contributed by atoms with Crippen molar-refractivity contribution >= 4 is 12.1 Å². The van der Waals surface area contributed by atoms with Gasteiger partial charge in [-0.05, 0) is 31.4 Å². The third-order valence-corrected chi connectivity index (χ3v) is 4.36. The molecule has 5 heteroatoms. The third kappa shape index (κ3) is 2.27. The minimum absolute atomic E-state index is 0.0788. The van der Waals surface area contributed by atoms with E-state index in [4.69, 9.17) is 0 Å². The number of piperidine rings is 1. The van der Waals surface area contributed by atoms with Crippen LogP contribution < -0.4 is 4.90 Å². The van der Waals surface area contributed by atoms with Gasteiger partial charge in [-0.1, -0.05) is 0 Å². The molecule has 2 fully saturated rings. The fourth-order valence-electron chi connectivity index (χ4n) is 3.37. The van der Waals surface area contributed by atoms with Crippen LogP contribution in [0.15, 0.2) is 18.3 Å². The maximum Gasteiger partial charge on any atom is 0.146 e. The number of aldehydes is 1. The zero-order valence-electron chi connectivity index (χ0n) is 11.4. The second-order valence-corrected chi connectivity index (χ2v) is 5.46. The van der Waals surface area contributed by atoms with Gasteiger partial charge in [0.2, 0.25) is 0 Å². The lowest BCUT2D eigenvalue weighted by Crippen LogP contribution is -2.59. The smallest absolute Gasteiger partial charge is 0.146 e. The van der Waals surface area contributed by atoms with Crippen molar-refractivity contribution in [3.63, 3.8) is 0 Å². The number of nitrogens with zero attached hydrogens (tertiary/aromatic N) is 4. The van der Waals surface area contributed by atoms with E-state index < -0.39 is 0 Å². The normalized spacial score (nSPS) is 26.6. The summed E-state index contributed by atoms with van der Waals surface area (Å²) >= 11 is 0. The molecule has 5 nitrogen and oxygen atoms in total. The summed E-state index contributed by atoms with van der Waals surface area (Å²) in [6, 6.07) is 6.30. The van der Waals surface area contributed by atoms with Gasteiger partial charge in [-0.25, -0.2) is 4.98 Å². The Hall–Kier alpha value is -1.93. The maximum absolute atomic E-state index is 11.2. The molecule has 1 unspecified atom stereocenters. The highest BCUT2D eigenvalue weighted by Gasteiger charge is 2.35. The first kappa shape index (κ1) is 13.1. The number of hydrogen-bond donors (Lipinski definition) is 0. The first-order valence-corrected chi connectivity index (χ1v) is 7.14. The molecule has 3 heterocycles. The zero-order valence-corrected chi connectivity index (χ0v) is 11.4. The largest absolute Gasteiger partial charge is 0.353 e. The van der Waals surface area contributed by atoms with Crippen LogP contribution >= 0.6 is 0 Å². The Bertz CT molecular complexity index is 539. The maximum atomic E-state index is 11.2. The minimum atomic E-state index is 0.0788. The van der Waals surface area contributed by atoms with E-state index in [0.717, 1.165) is 51.0 Å². The van der Waals surface area contributed by atoms with E-state index in [9.17, 15) is 10.1 Å². The van der Waals surface area contributed by atoms with Gasteiger partial charge in [0.25, 0.3) is 0 Å². The molecule has 0 spiro atoms. The molecule has 3 rings (SSSR count). The molecular formula is C15H18N4O. The number of rotatable bonds is 2. The van der Waals surface area contributed by atoms with Crippen LogP contribution in [0.2, 0.25) is 0 Å². The van der Waals surface area contributed by atoms with Crippen molar-refractivity contribution in [1.29, 1.82) is 5.26 Å². The number of piperazine rings is 1. The summed E-state index contributed by atoms with van der Waals surface area (Å²) in [4.78, 5) is 20.0. The SMILES string of the molecule is N#Cc1cccnc1N1CCN2C(CCC[C@@H]2C=O)C1. The van der Waals surface area contributed by atoms with Crippen molar-refractivity contribution in [2.24, 2.45) is 0 Å². The number of hydrogen-bond acceptors (Lipinski definition) is 5. The number of pyridine rings is 1. The molecule has 0 aromatic carbocycles. The molecule has 0 aliphatic carbocycles. The molecule has 2 aliphatic heterocycles. The van der Waals surface area contributed by atoms with Gasteiger partial charge < -0.3 is 9.69 Å². The van der Waals surface area contributed by atoms with Gasteiger partial charge in [-0.2, -0.15) is 5.26 Å². The molecule has 104 valence electrons. The molecule has 0 saturated carbocycles. The van der Waals surface area contributed by atoms with Gasteiger partial charge in [0.05, 0.1) is 11.6 Å². The third-order valence-electron chi connectivity index (χ3n) is 4.36. The second-order valence-electron chi connectivity index (χ2n) is 5.46. The van der Waals surface area contributed by atoms with Crippen LogP contribution in [0.5, 0.6) is 0 Å². The molecule has 0 radical (unpaired) electrons. The highest BCUT2D eigenvalue weighted by molar-refractivity contribution is 5.58. The lowest BCUT2D eigenvalue weighted by atomic mass is 9.94. The quantitative estimate of drug-likeness (QED) is 0.756. The Morgan fingerprint density at radius 1 is 1.40 bits per heavy atom. The lowest BCUT2D eigenvalue weighted by molar-refractivity contribution is -0.115. The predicted molar refractivity (Wildman–Crippen MR) is 75.4 cm³/mol. The van der Waals surface area contributed by atoms with E-state index in [0.29, 0.717) is 11.6 Å². The molecule has 1 aromatic heterocycles. The molecule has 0 N–H and O–H groups in total. The van der Waals surface area contributed by atoms with Gasteiger partial charge >= 0.3 is 0 Å². The van der Waals surface area contributed by atoms with E-state index in [2.05, 4.69) is 20.9 Å². The van der Waals surface area contributed by atoms with Crippen LogP contribution in [-0.4, -0.2) is 47.9 Å². The molecular weight excluding hydrogens is 252 g/mol. The van der Waals surface area contributed by atoms with Crippen LogP contribution in [0, 0.1) is 11.3 Å². The standard InChI is InChI=1S/C15H18N4O/c16-9-12-3-2-6-17-15(12)18-7-8-19-13(10-18)4-1-5-14(19)11-20/h2-3,6,11,13-14H,1,4-5,7-8,10H2/t13?,14-/m1/s1. The highest BCUT2D eigenvalue weighted by atomic mass is 16.1. The van der Waals surface area contributed by atoms with E-state index in [-0.39, 0.29) is 6.04 Å². The Kier molecular flexibility index (Phi) is 3.66. The van der Waals surface area contributed by atoms with Crippen LogP contribution in [0.3, 0.4) is 0 Å². The molecule has 1 aromatic rings. The molecule has 20 heavy (non-hydrogen) atoms. The van der Waals surface area contributed by atoms with Gasteiger partial charge in [-0.3, -0.25) is 4.90 Å². The number of nitriles is 1. The number of fused-ring (bicyclic) bond motifs is 1. The summed E-state index contributed by atoms with van der Waals surface area (Å²) < 4.78 is 0. The van der Waals surface area contributed by atoms with Gasteiger partial charge in [-0.15, -0.1) is 0 Å². The number of carbonyl (C=O) groups is 1. The average Bonchev–Trinajstić information content (AvgIpc) is 2.53. The van der Waals surface area contributed by atoms with Crippen molar-refractivity contribution in [3.8, 4) is 6.07 Å². The highest BCUT2D eigenvalue weighted by Crippen LogP contribution is 2.28. The summed E-state index contributed by atoms with van der Waals surface area (Å²) in [6.07, 6.45) is 6.02. The average molecular weight is 270 g/mol. The number of aromatic nitrogens is 1. The topological polar surface area (TPSA) is 60.2 Å². The first-order valence-electron chi connectivity index (χ1n) is 7.14. The van der Waals surface area contributed by atoms with Crippen molar-refractivity contribution in [2.45, 2.75) is 31.3 Å². The lowest BCUT2D eigenvalue weighted by Gasteiger charge is -2.47. The van der Waals surface area contributed by atoms with Crippen LogP contribution in [0.25, 0.3) is 0 Å². The van der Waals surface area contributed by atoms with Crippen molar-refractivity contribution in [2.75, 3.05) is 24.5 Å². The minimum Gasteiger partial charge on any atom is -0.353 e. The Morgan fingerprint density at radius 2 is 2.30 bits per heavy atom. The van der Waals surface area contributed by atoms with E-state index in [1.807, 2.05) is 6.07 Å². The fraction of sp³-hybridized carbons (Fsp3) is 0.533. The van der Waals surface area contributed by atoms with E-state index in [1.54, 1.807) is 12.3 Å². The number of anilines is 1. The molecule has 2 saturated heterocycles. The molecule has 0 bridgehead atoms. The Morgan fingerprint density at radius 3 is 3.10 bits per heavy atom. The molecule has 2 aliphatic rings. The van der Waals surface area contributed by atoms with Crippen molar-refractivity contribution in [1.82, 2.24) is 9.88 Å². The zero-order chi connectivity index (χ0) is 13.9. The van der Waals surface area contributed by atoms with Gasteiger partial charge in [0, 0.05) is 31.9 Å². The Balaban J connectivity index is 1.79. The Labute approximate surface area is 118 Å². The van der Waals surface area contributed by atoms with Crippen LogP contribution in [-0.2, 0) is 4.79 Å². The predicted octanol–water partition coefficient (Wildman–Crippen LogP) is 1.20. The summed E-state index contributed by atoms with van der Waals surface area (Å²) in [6.45, 7) is 2.55. The van der Waals surface area contributed by atoms with Gasteiger partial charge in [0.15, 0.2) is 0 Å². The molecule has 2 atom stereocenters. The second kappa shape index (κ2) is 5.59. The number of carbonyl (C=O) groups excluding carboxylic acids is 1. The van der Waals surface area contributed by atoms with Crippen molar-refractivity contribution < 1.29 is 4.79 Å². The van der Waals surface area contributed by atoms with Gasteiger partial charge in [0.1, 0.15) is 18.2 Å². The molecule has 0 amide bonds. The summed E-state index contributed by atoms with van der Waals surface area (Å²) in [5.74, 6) is 0.780. The van der Waals surface area contributed by atoms with Crippen LogP contribution in [0.4, 0.5) is 5.82 Å². The summed E-state index contributed by atoms with van der Waals surface area (Å²) in [7, 11) is 0. The monoisotopic (exact) mass is 270 g/mol. The van der Waals surface area contributed by atoms with Crippen LogP contribution in [0.1, 0.15) is 24.8 Å². The van der Waals surface area contributed by atoms with E-state index in [1.165, 1.54) is 0 Å². The first-order chi connectivity index (χ1) is 9.83. The fourth-order valence-corrected chi connectivity index (χ4v) is 3.37. The van der Waals surface area contributed by atoms with Crippen molar-refractivity contribution in [3.05, 3.63) is 23.9 Å². The van der Waals surface area contributed by atoms with E-state index >= 15 is 0 Å².